The predicted molar refractivity (Wildman–Crippen MR) is 98.2 cm³/mol. The molecule has 0 spiro atoms. The van der Waals surface area contributed by atoms with Crippen molar-refractivity contribution in [1.82, 2.24) is 0 Å². The summed E-state index contributed by atoms with van der Waals surface area (Å²) in [5.74, 6) is 0.386. The molecule has 3 N–H and O–H groups in total. The molecule has 0 saturated carbocycles. The summed E-state index contributed by atoms with van der Waals surface area (Å²) in [6.45, 7) is 0. The number of aliphatic imine (C=N–C) groups is 1. The van der Waals surface area contributed by atoms with Gasteiger partial charge in [0.05, 0.1) is 11.3 Å². The summed E-state index contributed by atoms with van der Waals surface area (Å²) in [4.78, 5) is 4.24. The van der Waals surface area contributed by atoms with Gasteiger partial charge in [0, 0.05) is 5.69 Å². The molecule has 0 saturated heterocycles. The van der Waals surface area contributed by atoms with Gasteiger partial charge in [0.25, 0.3) is 0 Å². The Bertz CT molecular complexity index is 884. The van der Waals surface area contributed by atoms with Crippen LogP contribution in [0.5, 0.6) is 0 Å². The summed E-state index contributed by atoms with van der Waals surface area (Å²) in [7, 11) is 0. The van der Waals surface area contributed by atoms with E-state index in [9.17, 15) is 13.2 Å². The highest BCUT2D eigenvalue weighted by molar-refractivity contribution is 5.93. The van der Waals surface area contributed by atoms with Gasteiger partial charge in [-0.3, -0.25) is 0 Å². The summed E-state index contributed by atoms with van der Waals surface area (Å²) in [6.07, 6.45) is -4.13. The minimum atomic E-state index is -4.13. The highest BCUT2D eigenvalue weighted by Gasteiger charge is 2.44. The molecule has 2 aliphatic carbocycles. The van der Waals surface area contributed by atoms with Crippen LogP contribution in [0.1, 0.15) is 5.56 Å². The number of nitrogens with two attached hydrogens (primary N) is 1. The molecule has 2 aromatic carbocycles. The molecule has 3 nitrogen and oxygen atoms in total. The first-order valence-corrected chi connectivity index (χ1v) is 7.87. The topological polar surface area (TPSA) is 50.4 Å². The van der Waals surface area contributed by atoms with Crippen LogP contribution < -0.4 is 11.1 Å². The SMILES string of the molecule is FC(F)(F)c1c2cccc1-2.NC(=Nc1ccccc1)Nc1ccccc1. The Hall–Kier alpha value is -3.28. The molecule has 132 valence electrons. The number of alkyl halides is 3. The maximum Gasteiger partial charge on any atom is 0.417 e. The number of hydrogen-bond donors (Lipinski definition) is 2. The van der Waals surface area contributed by atoms with E-state index in [-0.39, 0.29) is 0 Å². The van der Waals surface area contributed by atoms with Crippen LogP contribution in [-0.2, 0) is 6.18 Å². The lowest BCUT2D eigenvalue weighted by atomic mass is 10.3. The fraction of sp³-hybridized carbons (Fsp3) is 0.0500. The third-order valence-electron chi connectivity index (χ3n) is 3.63. The molecule has 2 aromatic rings. The average Bonchev–Trinajstić information content (AvgIpc) is 3.13. The number of fused-ring (bicyclic) bond motifs is 1. The Morgan fingerprint density at radius 1 is 0.769 bits per heavy atom. The van der Waals surface area contributed by atoms with Crippen LogP contribution in [0.4, 0.5) is 24.5 Å². The average molecular weight is 355 g/mol. The van der Waals surface area contributed by atoms with Gasteiger partial charge in [-0.05, 0) is 35.4 Å². The number of para-hydroxylation sites is 2. The lowest BCUT2D eigenvalue weighted by Gasteiger charge is -2.04. The Balaban J connectivity index is 0.000000167. The van der Waals surface area contributed by atoms with Crippen molar-refractivity contribution < 1.29 is 13.2 Å². The molecule has 0 fully saturated rings. The zero-order chi connectivity index (χ0) is 18.6. The smallest absolute Gasteiger partial charge is 0.369 e. The lowest BCUT2D eigenvalue weighted by molar-refractivity contribution is -0.133. The second-order valence-electron chi connectivity index (χ2n) is 5.55. The van der Waals surface area contributed by atoms with Gasteiger partial charge in [-0.2, -0.15) is 13.2 Å². The number of nitrogens with one attached hydrogen (secondary N) is 1. The standard InChI is InChI=1S/C13H13N3.C7H3F3/c14-13(15-11-7-3-1-4-8-11)16-12-9-5-2-6-10-12;8-7(9,10)6-4-2-1-3-5(4)6/h1-10H,(H3,14,15,16);1-3H. The van der Waals surface area contributed by atoms with Crippen LogP contribution in [-0.4, -0.2) is 5.96 Å². The minimum Gasteiger partial charge on any atom is -0.369 e. The third kappa shape index (κ3) is 4.42. The largest absolute Gasteiger partial charge is 0.417 e. The van der Waals surface area contributed by atoms with E-state index in [2.05, 4.69) is 10.3 Å². The van der Waals surface area contributed by atoms with E-state index in [1.165, 1.54) is 12.1 Å². The second-order valence-corrected chi connectivity index (χ2v) is 5.55. The van der Waals surface area contributed by atoms with Crippen molar-refractivity contribution in [3.05, 3.63) is 84.4 Å². The van der Waals surface area contributed by atoms with Crippen molar-refractivity contribution in [1.29, 1.82) is 0 Å². The molecule has 2 aliphatic rings. The van der Waals surface area contributed by atoms with Crippen LogP contribution in [0.15, 0.2) is 83.9 Å². The first kappa shape index (κ1) is 17.5. The Labute approximate surface area is 149 Å². The summed E-state index contributed by atoms with van der Waals surface area (Å²) in [5, 5.41) is 3.02. The van der Waals surface area contributed by atoms with Gasteiger partial charge in [-0.15, -0.1) is 0 Å². The quantitative estimate of drug-likeness (QED) is 0.372. The molecule has 0 bridgehead atoms. The van der Waals surface area contributed by atoms with Gasteiger partial charge in [0.1, 0.15) is 0 Å². The van der Waals surface area contributed by atoms with E-state index in [0.29, 0.717) is 17.1 Å². The summed E-state index contributed by atoms with van der Waals surface area (Å²) in [6, 6.07) is 23.9. The molecule has 26 heavy (non-hydrogen) atoms. The van der Waals surface area contributed by atoms with Crippen molar-refractivity contribution >= 4 is 17.3 Å². The number of halogens is 3. The van der Waals surface area contributed by atoms with Crippen molar-refractivity contribution in [2.45, 2.75) is 6.18 Å². The van der Waals surface area contributed by atoms with Crippen LogP contribution in [0.2, 0.25) is 0 Å². The molecule has 0 atom stereocenters. The number of guanidine groups is 1. The highest BCUT2D eigenvalue weighted by atomic mass is 19.4. The minimum absolute atomic E-state index is 0.368. The van der Waals surface area contributed by atoms with E-state index in [0.717, 1.165) is 11.4 Å². The van der Waals surface area contributed by atoms with Gasteiger partial charge in [0.15, 0.2) is 5.96 Å². The Morgan fingerprint density at radius 2 is 1.31 bits per heavy atom. The molecule has 0 radical (unpaired) electrons. The third-order valence-corrected chi connectivity index (χ3v) is 3.63. The number of benzene rings is 3. The van der Waals surface area contributed by atoms with E-state index in [1.54, 1.807) is 6.07 Å². The predicted octanol–water partition coefficient (Wildman–Crippen LogP) is 5.43. The van der Waals surface area contributed by atoms with E-state index in [1.807, 2.05) is 60.7 Å². The van der Waals surface area contributed by atoms with Crippen LogP contribution >= 0.6 is 0 Å². The van der Waals surface area contributed by atoms with Crippen LogP contribution in [0.3, 0.4) is 0 Å². The van der Waals surface area contributed by atoms with Gasteiger partial charge in [-0.25, -0.2) is 4.99 Å². The van der Waals surface area contributed by atoms with Gasteiger partial charge in [-0.1, -0.05) is 54.6 Å². The van der Waals surface area contributed by atoms with Gasteiger partial charge in [0.2, 0.25) is 0 Å². The number of hydrogen-bond acceptors (Lipinski definition) is 1. The maximum absolute atomic E-state index is 11.8. The fourth-order valence-electron chi connectivity index (χ4n) is 2.45. The molecular formula is C20H16F3N3. The number of anilines is 1. The number of nitrogens with zero attached hydrogens (tertiary/aromatic N) is 1. The zero-order valence-corrected chi connectivity index (χ0v) is 13.7. The van der Waals surface area contributed by atoms with Crippen molar-refractivity contribution in [3.8, 4) is 11.1 Å². The Kier molecular flexibility index (Phi) is 4.93. The van der Waals surface area contributed by atoms with Crippen molar-refractivity contribution in [3.63, 3.8) is 0 Å². The van der Waals surface area contributed by atoms with Gasteiger partial charge < -0.3 is 11.1 Å². The molecule has 0 heterocycles. The van der Waals surface area contributed by atoms with E-state index in [4.69, 9.17) is 5.73 Å². The van der Waals surface area contributed by atoms with Crippen LogP contribution in [0.25, 0.3) is 11.1 Å². The van der Waals surface area contributed by atoms with Crippen LogP contribution in [0, 0.1) is 0 Å². The van der Waals surface area contributed by atoms with Crippen molar-refractivity contribution in [2.75, 3.05) is 5.32 Å². The summed E-state index contributed by atoms with van der Waals surface area (Å²) < 4.78 is 35.5. The molecule has 0 amide bonds. The monoisotopic (exact) mass is 355 g/mol. The zero-order valence-electron chi connectivity index (χ0n) is 13.7. The van der Waals surface area contributed by atoms with E-state index >= 15 is 0 Å². The maximum atomic E-state index is 11.8. The molecule has 4 rings (SSSR count). The van der Waals surface area contributed by atoms with Crippen molar-refractivity contribution in [2.24, 2.45) is 10.7 Å². The Morgan fingerprint density at radius 3 is 1.81 bits per heavy atom. The molecule has 6 heteroatoms. The molecule has 0 aromatic heterocycles. The first-order chi connectivity index (χ1) is 12.4. The summed E-state index contributed by atoms with van der Waals surface area (Å²) in [5.41, 5.74) is 7.84. The number of rotatable bonds is 2. The second kappa shape index (κ2) is 7.31. The molecule has 0 aliphatic heterocycles. The first-order valence-electron chi connectivity index (χ1n) is 7.87. The summed E-state index contributed by atoms with van der Waals surface area (Å²) >= 11 is 0. The molecule has 0 unspecified atom stereocenters. The normalized spacial score (nSPS) is 12.0. The lowest BCUT2D eigenvalue weighted by Crippen LogP contribution is -2.21. The highest BCUT2D eigenvalue weighted by Crippen LogP contribution is 2.52. The molecular weight excluding hydrogens is 339 g/mol. The van der Waals surface area contributed by atoms with Gasteiger partial charge >= 0.3 is 6.18 Å². The van der Waals surface area contributed by atoms with E-state index < -0.39 is 11.7 Å². The fourth-order valence-corrected chi connectivity index (χ4v) is 2.45.